The number of aliphatic imine (C=N–C) groups is 1. The predicted molar refractivity (Wildman–Crippen MR) is 77.1 cm³/mol. The fourth-order valence-corrected chi connectivity index (χ4v) is 2.17. The summed E-state index contributed by atoms with van der Waals surface area (Å²) in [6, 6.07) is 8.10. The molecule has 0 saturated heterocycles. The van der Waals surface area contributed by atoms with E-state index in [-0.39, 0.29) is 0 Å². The zero-order valence-electron chi connectivity index (χ0n) is 9.59. The third kappa shape index (κ3) is 3.38. The Labute approximate surface area is 113 Å². The van der Waals surface area contributed by atoms with Crippen LogP contribution in [0.15, 0.2) is 39.1 Å². The lowest BCUT2D eigenvalue weighted by molar-refractivity contribution is 0.643. The van der Waals surface area contributed by atoms with Gasteiger partial charge in [0.15, 0.2) is 0 Å². The number of thiazole rings is 1. The van der Waals surface area contributed by atoms with Crippen molar-refractivity contribution >= 4 is 38.7 Å². The monoisotopic (exact) mass is 309 g/mol. The molecule has 17 heavy (non-hydrogen) atoms. The van der Waals surface area contributed by atoms with Gasteiger partial charge in [-0.3, -0.25) is 0 Å². The summed E-state index contributed by atoms with van der Waals surface area (Å²) in [6.45, 7) is 0. The summed E-state index contributed by atoms with van der Waals surface area (Å²) >= 11 is 4.96. The topological polar surface area (TPSA) is 28.5 Å². The lowest BCUT2D eigenvalue weighted by Crippen LogP contribution is -2.06. The Balaban J connectivity index is 2.21. The zero-order valence-corrected chi connectivity index (χ0v) is 12.0. The van der Waals surface area contributed by atoms with Crippen molar-refractivity contribution in [2.45, 2.75) is 0 Å². The molecule has 0 aliphatic rings. The fraction of sp³-hybridized carbons (Fsp3) is 0.167. The third-order valence-electron chi connectivity index (χ3n) is 2.03. The molecular weight excluding hydrogens is 298 g/mol. The average molecular weight is 310 g/mol. The molecule has 0 spiro atoms. The highest BCUT2D eigenvalue weighted by Gasteiger charge is 2.03. The van der Waals surface area contributed by atoms with Gasteiger partial charge in [0, 0.05) is 29.5 Å². The normalized spacial score (nSPS) is 11.0. The van der Waals surface area contributed by atoms with E-state index in [0.717, 1.165) is 20.9 Å². The Hall–Kier alpha value is -1.20. The van der Waals surface area contributed by atoms with Crippen molar-refractivity contribution in [3.8, 4) is 11.3 Å². The molecule has 0 N–H and O–H groups in total. The molecule has 0 fully saturated rings. The summed E-state index contributed by atoms with van der Waals surface area (Å²) in [5, 5.41) is 2.79. The number of halogens is 1. The van der Waals surface area contributed by atoms with Gasteiger partial charge in [0.25, 0.3) is 0 Å². The Kier molecular flexibility index (Phi) is 3.91. The summed E-state index contributed by atoms with van der Waals surface area (Å²) in [5.41, 5.74) is 2.07. The van der Waals surface area contributed by atoms with Crippen LogP contribution in [0.3, 0.4) is 0 Å². The van der Waals surface area contributed by atoms with Crippen molar-refractivity contribution in [2.24, 2.45) is 4.99 Å². The third-order valence-corrected chi connectivity index (χ3v) is 3.31. The Morgan fingerprint density at radius 1 is 1.29 bits per heavy atom. The fourth-order valence-electron chi connectivity index (χ4n) is 1.24. The first-order valence-corrected chi connectivity index (χ1v) is 6.74. The van der Waals surface area contributed by atoms with E-state index in [9.17, 15) is 0 Å². The maximum atomic E-state index is 4.46. The second kappa shape index (κ2) is 5.42. The molecule has 0 radical (unpaired) electrons. The second-order valence-electron chi connectivity index (χ2n) is 3.73. The van der Waals surface area contributed by atoms with Gasteiger partial charge in [-0.2, -0.15) is 0 Å². The highest BCUT2D eigenvalue weighted by atomic mass is 79.9. The van der Waals surface area contributed by atoms with Gasteiger partial charge in [-0.25, -0.2) is 9.98 Å². The van der Waals surface area contributed by atoms with Gasteiger partial charge in [0.05, 0.1) is 12.0 Å². The van der Waals surface area contributed by atoms with Crippen LogP contribution in [0, 0.1) is 0 Å². The summed E-state index contributed by atoms with van der Waals surface area (Å²) in [5.74, 6) is 0. The largest absolute Gasteiger partial charge is 0.369 e. The number of nitrogens with zero attached hydrogens (tertiary/aromatic N) is 3. The molecule has 0 bridgehead atoms. The van der Waals surface area contributed by atoms with Crippen molar-refractivity contribution in [3.05, 3.63) is 34.1 Å². The van der Waals surface area contributed by atoms with Gasteiger partial charge < -0.3 is 4.90 Å². The summed E-state index contributed by atoms with van der Waals surface area (Å²) < 4.78 is 1.07. The summed E-state index contributed by atoms with van der Waals surface area (Å²) in [7, 11) is 3.87. The lowest BCUT2D eigenvalue weighted by atomic mass is 10.2. The lowest BCUT2D eigenvalue weighted by Gasteiger charge is -2.00. The first kappa shape index (κ1) is 12.3. The van der Waals surface area contributed by atoms with Gasteiger partial charge in [0.2, 0.25) is 5.13 Å². The number of benzene rings is 1. The highest BCUT2D eigenvalue weighted by molar-refractivity contribution is 9.10. The first-order valence-electron chi connectivity index (χ1n) is 5.07. The standard InChI is InChI=1S/C12H12BrN3S/c1-16(2)8-14-12-15-11(7-17-12)9-3-5-10(13)6-4-9/h3-8H,1-2H3/b14-8+. The molecular formula is C12H12BrN3S. The molecule has 0 saturated carbocycles. The Bertz CT molecular complexity index is 517. The van der Waals surface area contributed by atoms with E-state index in [0.29, 0.717) is 0 Å². The van der Waals surface area contributed by atoms with Crippen molar-refractivity contribution < 1.29 is 0 Å². The van der Waals surface area contributed by atoms with Crippen LogP contribution in [-0.4, -0.2) is 30.3 Å². The SMILES string of the molecule is CN(C)/C=N/c1nc(-c2ccc(Br)cc2)cs1. The minimum atomic E-state index is 0.775. The number of aromatic nitrogens is 1. The van der Waals surface area contributed by atoms with E-state index in [1.807, 2.05) is 48.6 Å². The summed E-state index contributed by atoms with van der Waals surface area (Å²) in [4.78, 5) is 10.6. The van der Waals surface area contributed by atoms with E-state index in [2.05, 4.69) is 25.9 Å². The van der Waals surface area contributed by atoms with Gasteiger partial charge in [-0.15, -0.1) is 11.3 Å². The molecule has 0 aliphatic carbocycles. The molecule has 3 nitrogen and oxygen atoms in total. The molecule has 5 heteroatoms. The van der Waals surface area contributed by atoms with Crippen LogP contribution < -0.4 is 0 Å². The van der Waals surface area contributed by atoms with Crippen LogP contribution in [0.4, 0.5) is 5.13 Å². The van der Waals surface area contributed by atoms with Crippen molar-refractivity contribution in [3.63, 3.8) is 0 Å². The van der Waals surface area contributed by atoms with E-state index in [4.69, 9.17) is 0 Å². The predicted octanol–water partition coefficient (Wildman–Crippen LogP) is 3.79. The van der Waals surface area contributed by atoms with Crippen LogP contribution in [0.25, 0.3) is 11.3 Å². The molecule has 88 valence electrons. The summed E-state index contributed by atoms with van der Waals surface area (Å²) in [6.07, 6.45) is 1.75. The second-order valence-corrected chi connectivity index (χ2v) is 5.48. The van der Waals surface area contributed by atoms with Crippen LogP contribution in [0.2, 0.25) is 0 Å². The average Bonchev–Trinajstić information content (AvgIpc) is 2.76. The molecule has 0 unspecified atom stereocenters. The van der Waals surface area contributed by atoms with Crippen molar-refractivity contribution in [1.82, 2.24) is 9.88 Å². The minimum absolute atomic E-state index is 0.775. The highest BCUT2D eigenvalue weighted by Crippen LogP contribution is 2.27. The quantitative estimate of drug-likeness (QED) is 0.637. The van der Waals surface area contributed by atoms with E-state index >= 15 is 0 Å². The van der Waals surface area contributed by atoms with Crippen molar-refractivity contribution in [2.75, 3.05) is 14.1 Å². The molecule has 2 rings (SSSR count). The van der Waals surface area contributed by atoms with E-state index in [1.54, 1.807) is 17.7 Å². The molecule has 2 aromatic rings. The Morgan fingerprint density at radius 3 is 2.65 bits per heavy atom. The van der Waals surface area contributed by atoms with Gasteiger partial charge in [-0.05, 0) is 12.1 Å². The smallest absolute Gasteiger partial charge is 0.211 e. The zero-order chi connectivity index (χ0) is 12.3. The van der Waals surface area contributed by atoms with Crippen LogP contribution in [0.5, 0.6) is 0 Å². The molecule has 0 atom stereocenters. The number of hydrogen-bond acceptors (Lipinski definition) is 3. The first-order chi connectivity index (χ1) is 8.15. The van der Waals surface area contributed by atoms with E-state index < -0.39 is 0 Å². The van der Waals surface area contributed by atoms with Crippen LogP contribution in [-0.2, 0) is 0 Å². The maximum absolute atomic E-state index is 4.46. The minimum Gasteiger partial charge on any atom is -0.369 e. The van der Waals surface area contributed by atoms with Gasteiger partial charge >= 0.3 is 0 Å². The van der Waals surface area contributed by atoms with Crippen LogP contribution >= 0.6 is 27.3 Å². The van der Waals surface area contributed by atoms with Crippen molar-refractivity contribution in [1.29, 1.82) is 0 Å². The van der Waals surface area contributed by atoms with Gasteiger partial charge in [0.1, 0.15) is 0 Å². The van der Waals surface area contributed by atoms with Crippen LogP contribution in [0.1, 0.15) is 0 Å². The molecule has 0 amide bonds. The molecule has 1 aromatic heterocycles. The maximum Gasteiger partial charge on any atom is 0.211 e. The molecule has 0 aliphatic heterocycles. The Morgan fingerprint density at radius 2 is 2.00 bits per heavy atom. The molecule has 1 heterocycles. The molecule has 1 aromatic carbocycles. The van der Waals surface area contributed by atoms with Gasteiger partial charge in [-0.1, -0.05) is 28.1 Å². The number of rotatable bonds is 3. The number of hydrogen-bond donors (Lipinski definition) is 0. The van der Waals surface area contributed by atoms with E-state index in [1.165, 1.54) is 0 Å².